The fourth-order valence-corrected chi connectivity index (χ4v) is 3.57. The van der Waals surface area contributed by atoms with Crippen molar-refractivity contribution in [2.24, 2.45) is 13.0 Å². The number of aryl methyl sites for hydroxylation is 1. The first-order valence-corrected chi connectivity index (χ1v) is 9.86. The summed E-state index contributed by atoms with van der Waals surface area (Å²) in [4.78, 5) is 24.1. The van der Waals surface area contributed by atoms with Crippen LogP contribution in [0, 0.1) is 5.92 Å². The number of oxazole rings is 1. The third-order valence-electron chi connectivity index (χ3n) is 5.23. The second-order valence-electron chi connectivity index (χ2n) is 7.78. The first kappa shape index (κ1) is 18.5. The maximum atomic E-state index is 13.1. The van der Waals surface area contributed by atoms with E-state index in [0.717, 1.165) is 41.6 Å². The van der Waals surface area contributed by atoms with Gasteiger partial charge in [0.15, 0.2) is 5.89 Å². The monoisotopic (exact) mass is 378 g/mol. The van der Waals surface area contributed by atoms with E-state index >= 15 is 0 Å². The molecule has 0 unspecified atom stereocenters. The molecule has 0 fully saturated rings. The lowest BCUT2D eigenvalue weighted by Gasteiger charge is -2.25. The SMILES string of the molecule is CC(C)CCc1nc2c(o1)CCN(C(=O)c1cnc(-c3ccccc3)n1C)C2. The summed E-state index contributed by atoms with van der Waals surface area (Å²) in [6, 6.07) is 9.91. The molecule has 0 bridgehead atoms. The summed E-state index contributed by atoms with van der Waals surface area (Å²) >= 11 is 0. The number of carbonyl (C=O) groups excluding carboxylic acids is 1. The van der Waals surface area contributed by atoms with Crippen molar-refractivity contribution in [1.82, 2.24) is 19.4 Å². The number of benzene rings is 1. The molecule has 0 radical (unpaired) electrons. The van der Waals surface area contributed by atoms with Crippen LogP contribution in [0.3, 0.4) is 0 Å². The summed E-state index contributed by atoms with van der Waals surface area (Å²) in [6.07, 6.45) is 4.27. The Labute approximate surface area is 165 Å². The summed E-state index contributed by atoms with van der Waals surface area (Å²) < 4.78 is 7.77. The molecule has 0 saturated carbocycles. The number of fused-ring (bicyclic) bond motifs is 1. The lowest BCUT2D eigenvalue weighted by molar-refractivity contribution is 0.0718. The highest BCUT2D eigenvalue weighted by molar-refractivity contribution is 5.93. The summed E-state index contributed by atoms with van der Waals surface area (Å²) in [7, 11) is 1.89. The van der Waals surface area contributed by atoms with Crippen LogP contribution in [0.5, 0.6) is 0 Å². The van der Waals surface area contributed by atoms with Crippen LogP contribution in [0.1, 0.15) is 48.1 Å². The first-order chi connectivity index (χ1) is 13.5. The van der Waals surface area contributed by atoms with Crippen LogP contribution in [0.4, 0.5) is 0 Å². The van der Waals surface area contributed by atoms with Crippen LogP contribution in [-0.4, -0.2) is 31.9 Å². The van der Waals surface area contributed by atoms with Gasteiger partial charge in [-0.1, -0.05) is 44.2 Å². The number of hydrogen-bond acceptors (Lipinski definition) is 4. The molecule has 0 spiro atoms. The van der Waals surface area contributed by atoms with Crippen LogP contribution < -0.4 is 0 Å². The summed E-state index contributed by atoms with van der Waals surface area (Å²) in [5.41, 5.74) is 2.48. The molecule has 3 aromatic rings. The van der Waals surface area contributed by atoms with Gasteiger partial charge in [-0.05, 0) is 12.3 Å². The Kier molecular flexibility index (Phi) is 5.03. The van der Waals surface area contributed by atoms with Crippen LogP contribution in [0.2, 0.25) is 0 Å². The Morgan fingerprint density at radius 2 is 2.04 bits per heavy atom. The van der Waals surface area contributed by atoms with E-state index < -0.39 is 0 Å². The van der Waals surface area contributed by atoms with E-state index in [2.05, 4.69) is 23.8 Å². The predicted octanol–water partition coefficient (Wildman–Crippen LogP) is 3.86. The normalized spacial score (nSPS) is 13.8. The van der Waals surface area contributed by atoms with Gasteiger partial charge in [0.2, 0.25) is 0 Å². The van der Waals surface area contributed by atoms with Gasteiger partial charge in [0.05, 0.1) is 12.7 Å². The fourth-order valence-electron chi connectivity index (χ4n) is 3.57. The molecule has 0 aliphatic carbocycles. The average molecular weight is 378 g/mol. The number of nitrogens with zero attached hydrogens (tertiary/aromatic N) is 4. The number of aromatic nitrogens is 3. The fraction of sp³-hybridized carbons (Fsp3) is 0.409. The quantitative estimate of drug-likeness (QED) is 0.676. The van der Waals surface area contributed by atoms with Crippen molar-refractivity contribution in [3.63, 3.8) is 0 Å². The molecule has 0 saturated heterocycles. The van der Waals surface area contributed by atoms with Crippen molar-refractivity contribution in [3.8, 4) is 11.4 Å². The van der Waals surface area contributed by atoms with Crippen molar-refractivity contribution in [3.05, 3.63) is 59.6 Å². The molecule has 146 valence electrons. The molecule has 28 heavy (non-hydrogen) atoms. The average Bonchev–Trinajstić information content (AvgIpc) is 3.29. The molecule has 1 aliphatic heterocycles. The highest BCUT2D eigenvalue weighted by Gasteiger charge is 2.28. The Morgan fingerprint density at radius 3 is 2.79 bits per heavy atom. The van der Waals surface area contributed by atoms with Gasteiger partial charge < -0.3 is 13.9 Å². The standard InChI is InChI=1S/C22H26N4O2/c1-15(2)9-10-20-24-17-14-26(12-11-19(17)28-20)22(27)18-13-23-21(25(18)3)16-7-5-4-6-8-16/h4-8,13,15H,9-12,14H2,1-3H3. The summed E-state index contributed by atoms with van der Waals surface area (Å²) in [6.45, 7) is 5.52. The van der Waals surface area contributed by atoms with Crippen molar-refractivity contribution < 1.29 is 9.21 Å². The molecule has 1 amide bonds. The molecule has 0 N–H and O–H groups in total. The predicted molar refractivity (Wildman–Crippen MR) is 107 cm³/mol. The van der Waals surface area contributed by atoms with Crippen molar-refractivity contribution in [2.75, 3.05) is 6.54 Å². The van der Waals surface area contributed by atoms with E-state index in [4.69, 9.17) is 4.42 Å². The summed E-state index contributed by atoms with van der Waals surface area (Å²) in [5, 5.41) is 0. The van der Waals surface area contributed by atoms with E-state index in [-0.39, 0.29) is 5.91 Å². The molecule has 6 heteroatoms. The number of carbonyl (C=O) groups is 1. The Hall–Kier alpha value is -2.89. The zero-order valence-corrected chi connectivity index (χ0v) is 16.7. The third kappa shape index (κ3) is 3.59. The lowest BCUT2D eigenvalue weighted by Crippen LogP contribution is -2.36. The topological polar surface area (TPSA) is 64.2 Å². The minimum absolute atomic E-state index is 0.0189. The van der Waals surface area contributed by atoms with Crippen molar-refractivity contribution in [1.29, 1.82) is 0 Å². The molecule has 1 aliphatic rings. The molecule has 3 heterocycles. The molecule has 1 aromatic carbocycles. The van der Waals surface area contributed by atoms with Gasteiger partial charge in [0, 0.05) is 32.0 Å². The van der Waals surface area contributed by atoms with Crippen LogP contribution >= 0.6 is 0 Å². The minimum atomic E-state index is -0.0189. The van der Waals surface area contributed by atoms with Gasteiger partial charge in [-0.15, -0.1) is 0 Å². The molecule has 6 nitrogen and oxygen atoms in total. The van der Waals surface area contributed by atoms with Gasteiger partial charge in [-0.2, -0.15) is 0 Å². The van der Waals surface area contributed by atoms with E-state index in [0.29, 0.717) is 31.1 Å². The Morgan fingerprint density at radius 1 is 1.25 bits per heavy atom. The van der Waals surface area contributed by atoms with Gasteiger partial charge in [0.1, 0.15) is 23.0 Å². The number of imidazole rings is 1. The van der Waals surface area contributed by atoms with Crippen LogP contribution in [0.15, 0.2) is 40.9 Å². The zero-order chi connectivity index (χ0) is 19.7. The minimum Gasteiger partial charge on any atom is -0.445 e. The van der Waals surface area contributed by atoms with Gasteiger partial charge in [0.25, 0.3) is 5.91 Å². The van der Waals surface area contributed by atoms with E-state index in [1.165, 1.54) is 0 Å². The first-order valence-electron chi connectivity index (χ1n) is 9.86. The second-order valence-corrected chi connectivity index (χ2v) is 7.78. The largest absolute Gasteiger partial charge is 0.445 e. The number of hydrogen-bond donors (Lipinski definition) is 0. The molecule has 0 atom stereocenters. The van der Waals surface area contributed by atoms with E-state index in [1.54, 1.807) is 6.20 Å². The van der Waals surface area contributed by atoms with Gasteiger partial charge in [-0.25, -0.2) is 9.97 Å². The molecule has 4 rings (SSSR count). The maximum Gasteiger partial charge on any atom is 0.272 e. The zero-order valence-electron chi connectivity index (χ0n) is 16.7. The smallest absolute Gasteiger partial charge is 0.272 e. The maximum absolute atomic E-state index is 13.1. The van der Waals surface area contributed by atoms with Gasteiger partial charge >= 0.3 is 0 Å². The van der Waals surface area contributed by atoms with E-state index in [1.807, 2.05) is 46.8 Å². The van der Waals surface area contributed by atoms with Gasteiger partial charge in [-0.3, -0.25) is 4.79 Å². The number of amides is 1. The lowest BCUT2D eigenvalue weighted by atomic mass is 10.1. The molecule has 2 aromatic heterocycles. The molecular formula is C22H26N4O2. The highest BCUT2D eigenvalue weighted by Crippen LogP contribution is 2.24. The van der Waals surface area contributed by atoms with Crippen LogP contribution in [0.25, 0.3) is 11.4 Å². The van der Waals surface area contributed by atoms with Crippen LogP contribution in [-0.2, 0) is 26.4 Å². The van der Waals surface area contributed by atoms with Crippen molar-refractivity contribution in [2.45, 2.75) is 39.7 Å². The second kappa shape index (κ2) is 7.62. The summed E-state index contributed by atoms with van der Waals surface area (Å²) in [5.74, 6) is 3.11. The van der Waals surface area contributed by atoms with Crippen molar-refractivity contribution >= 4 is 5.91 Å². The molecular weight excluding hydrogens is 352 g/mol. The number of rotatable bonds is 5. The van der Waals surface area contributed by atoms with E-state index in [9.17, 15) is 4.79 Å². The third-order valence-corrected chi connectivity index (χ3v) is 5.23. The Balaban J connectivity index is 1.50. The highest BCUT2D eigenvalue weighted by atomic mass is 16.4. The Bertz CT molecular complexity index is 972.